The van der Waals surface area contributed by atoms with Gasteiger partial charge in [-0.3, -0.25) is 0 Å². The molecule has 29 heavy (non-hydrogen) atoms. The van der Waals surface area contributed by atoms with Crippen molar-refractivity contribution in [2.24, 2.45) is 0 Å². The third-order valence-electron chi connectivity index (χ3n) is 5.59. The second-order valence-corrected chi connectivity index (χ2v) is 10.3. The van der Waals surface area contributed by atoms with E-state index in [-0.39, 0.29) is 0 Å². The van der Waals surface area contributed by atoms with Gasteiger partial charge in [0.15, 0.2) is 7.14 Å². The predicted molar refractivity (Wildman–Crippen MR) is 126 cm³/mol. The molecule has 5 aromatic rings. The average Bonchev–Trinajstić information content (AvgIpc) is 2.78. The van der Waals surface area contributed by atoms with Crippen LogP contribution in [0.5, 0.6) is 0 Å². The van der Waals surface area contributed by atoms with Crippen molar-refractivity contribution in [3.05, 3.63) is 115 Å². The average molecular weight is 392 g/mol. The summed E-state index contributed by atoms with van der Waals surface area (Å²) in [5.74, 6) is 0. The highest BCUT2D eigenvalue weighted by Gasteiger charge is 2.30. The Kier molecular flexibility index (Phi) is 4.34. The molecule has 2 heteroatoms. The van der Waals surface area contributed by atoms with Gasteiger partial charge in [0.2, 0.25) is 0 Å². The van der Waals surface area contributed by atoms with Gasteiger partial charge in [-0.25, -0.2) is 0 Å². The van der Waals surface area contributed by atoms with Crippen molar-refractivity contribution in [3.63, 3.8) is 0 Å². The third-order valence-corrected chi connectivity index (χ3v) is 8.63. The number of hydrogen-bond donors (Lipinski definition) is 0. The monoisotopic (exact) mass is 392 g/mol. The Labute approximate surface area is 171 Å². The molecule has 0 heterocycles. The number of aryl methyl sites for hydroxylation is 1. The van der Waals surface area contributed by atoms with Crippen LogP contribution in [0, 0.1) is 6.92 Å². The molecule has 1 nitrogen and oxygen atoms in total. The van der Waals surface area contributed by atoms with Gasteiger partial charge in [-0.15, -0.1) is 0 Å². The highest BCUT2D eigenvalue weighted by Crippen LogP contribution is 2.43. The smallest absolute Gasteiger partial charge is 0.171 e. The SMILES string of the molecule is Cc1ccc(P(=O)(c2ccc3ccccc3c2)c2ccc3ccccc3c2)cc1. The van der Waals surface area contributed by atoms with Crippen LogP contribution in [0.4, 0.5) is 0 Å². The van der Waals surface area contributed by atoms with Gasteiger partial charge in [-0.05, 0) is 40.6 Å². The molecule has 0 aliphatic carbocycles. The van der Waals surface area contributed by atoms with E-state index in [9.17, 15) is 4.57 Å². The highest BCUT2D eigenvalue weighted by atomic mass is 31.2. The van der Waals surface area contributed by atoms with Gasteiger partial charge < -0.3 is 4.57 Å². The first kappa shape index (κ1) is 17.9. The zero-order valence-corrected chi connectivity index (χ0v) is 17.1. The lowest BCUT2D eigenvalue weighted by Crippen LogP contribution is -2.25. The maximum atomic E-state index is 14.8. The zero-order valence-electron chi connectivity index (χ0n) is 16.2. The van der Waals surface area contributed by atoms with Gasteiger partial charge in [0.05, 0.1) is 0 Å². The molecule has 0 aliphatic heterocycles. The summed E-state index contributed by atoms with van der Waals surface area (Å²) in [7, 11) is -3.00. The molecule has 0 fully saturated rings. The largest absolute Gasteiger partial charge is 0.309 e. The van der Waals surface area contributed by atoms with Crippen LogP contribution in [0.2, 0.25) is 0 Å². The Hall–Kier alpha value is -3.15. The Bertz CT molecular complexity index is 1300. The van der Waals surface area contributed by atoms with Gasteiger partial charge in [-0.1, -0.05) is 103 Å². The fourth-order valence-corrected chi connectivity index (χ4v) is 6.62. The van der Waals surface area contributed by atoms with E-state index in [1.54, 1.807) is 0 Å². The van der Waals surface area contributed by atoms with E-state index >= 15 is 0 Å². The van der Waals surface area contributed by atoms with Crippen molar-refractivity contribution in [3.8, 4) is 0 Å². The molecule has 0 radical (unpaired) electrons. The molecular formula is C27H21OP. The first-order valence-corrected chi connectivity index (χ1v) is 11.5. The van der Waals surface area contributed by atoms with Gasteiger partial charge in [-0.2, -0.15) is 0 Å². The summed E-state index contributed by atoms with van der Waals surface area (Å²) in [6.45, 7) is 2.06. The minimum Gasteiger partial charge on any atom is -0.309 e. The van der Waals surface area contributed by atoms with Gasteiger partial charge in [0.1, 0.15) is 0 Å². The van der Waals surface area contributed by atoms with Crippen molar-refractivity contribution in [2.45, 2.75) is 6.92 Å². The molecule has 5 rings (SSSR count). The third kappa shape index (κ3) is 3.09. The lowest BCUT2D eigenvalue weighted by Gasteiger charge is -2.21. The van der Waals surface area contributed by atoms with E-state index in [1.165, 1.54) is 0 Å². The molecule has 5 aromatic carbocycles. The van der Waals surface area contributed by atoms with E-state index < -0.39 is 7.14 Å². The lowest BCUT2D eigenvalue weighted by atomic mass is 10.1. The summed E-state index contributed by atoms with van der Waals surface area (Å²) in [4.78, 5) is 0. The van der Waals surface area contributed by atoms with Gasteiger partial charge in [0, 0.05) is 15.9 Å². The molecular weight excluding hydrogens is 371 g/mol. The predicted octanol–water partition coefficient (Wildman–Crippen LogP) is 5.94. The molecule has 0 atom stereocenters. The van der Waals surface area contributed by atoms with Crippen molar-refractivity contribution in [1.82, 2.24) is 0 Å². The molecule has 0 spiro atoms. The van der Waals surface area contributed by atoms with Crippen LogP contribution >= 0.6 is 7.14 Å². The van der Waals surface area contributed by atoms with Crippen molar-refractivity contribution in [2.75, 3.05) is 0 Å². The summed E-state index contributed by atoms with van der Waals surface area (Å²) in [6.07, 6.45) is 0. The van der Waals surface area contributed by atoms with E-state index in [2.05, 4.69) is 55.5 Å². The van der Waals surface area contributed by atoms with Crippen LogP contribution in [0.15, 0.2) is 109 Å². The van der Waals surface area contributed by atoms with Gasteiger partial charge in [0.25, 0.3) is 0 Å². The quantitative estimate of drug-likeness (QED) is 0.347. The summed E-state index contributed by atoms with van der Waals surface area (Å²) < 4.78 is 14.8. The minimum atomic E-state index is -3.00. The molecule has 0 saturated heterocycles. The van der Waals surface area contributed by atoms with E-state index in [0.717, 1.165) is 43.0 Å². The zero-order chi connectivity index (χ0) is 19.8. The van der Waals surface area contributed by atoms with E-state index in [4.69, 9.17) is 0 Å². The number of hydrogen-bond acceptors (Lipinski definition) is 1. The summed E-state index contributed by atoms with van der Waals surface area (Å²) in [5, 5.41) is 7.14. The van der Waals surface area contributed by atoms with Crippen LogP contribution in [0.3, 0.4) is 0 Å². The molecule has 0 N–H and O–H groups in total. The summed E-state index contributed by atoms with van der Waals surface area (Å²) in [6, 6.07) is 37.0. The van der Waals surface area contributed by atoms with Gasteiger partial charge >= 0.3 is 0 Å². The highest BCUT2D eigenvalue weighted by molar-refractivity contribution is 7.85. The van der Waals surface area contributed by atoms with Crippen molar-refractivity contribution < 1.29 is 4.57 Å². The van der Waals surface area contributed by atoms with Crippen LogP contribution in [-0.4, -0.2) is 0 Å². The fourth-order valence-electron chi connectivity index (χ4n) is 3.95. The maximum Gasteiger partial charge on any atom is 0.171 e. The molecule has 0 bridgehead atoms. The summed E-state index contributed by atoms with van der Waals surface area (Å²) >= 11 is 0. The minimum absolute atomic E-state index is 0.869. The maximum absolute atomic E-state index is 14.8. The fraction of sp³-hybridized carbons (Fsp3) is 0.0370. The Morgan fingerprint density at radius 2 is 0.897 bits per heavy atom. The van der Waals surface area contributed by atoms with E-state index in [1.807, 2.05) is 60.7 Å². The second kappa shape index (κ2) is 7.03. The first-order valence-electron chi connectivity index (χ1n) is 9.81. The molecule has 0 saturated carbocycles. The molecule has 0 amide bonds. The molecule has 0 unspecified atom stereocenters. The molecule has 140 valence electrons. The lowest BCUT2D eigenvalue weighted by molar-refractivity contribution is 0.592. The molecule has 0 aromatic heterocycles. The van der Waals surface area contributed by atoms with Crippen LogP contribution < -0.4 is 15.9 Å². The number of benzene rings is 5. The van der Waals surface area contributed by atoms with Crippen molar-refractivity contribution >= 4 is 44.6 Å². The van der Waals surface area contributed by atoms with Crippen LogP contribution in [-0.2, 0) is 4.57 Å². The van der Waals surface area contributed by atoms with E-state index in [0.29, 0.717) is 0 Å². The normalized spacial score (nSPS) is 11.8. The Morgan fingerprint density at radius 1 is 0.483 bits per heavy atom. The Balaban J connectivity index is 1.80. The first-order chi connectivity index (χ1) is 14.1. The number of fused-ring (bicyclic) bond motifs is 2. The second-order valence-electron chi connectivity index (χ2n) is 7.51. The van der Waals surface area contributed by atoms with Crippen LogP contribution in [0.1, 0.15) is 5.56 Å². The standard InChI is InChI=1S/C27H21OP/c1-20-10-14-25(15-11-20)29(28,26-16-12-21-6-2-4-8-23(21)18-26)27-17-13-22-7-3-5-9-24(22)19-27/h2-19H,1H3. The molecule has 0 aliphatic rings. The number of rotatable bonds is 3. The Morgan fingerprint density at radius 3 is 1.38 bits per heavy atom. The van der Waals surface area contributed by atoms with Crippen LogP contribution in [0.25, 0.3) is 21.5 Å². The topological polar surface area (TPSA) is 17.1 Å². The van der Waals surface area contributed by atoms with Crippen molar-refractivity contribution in [1.29, 1.82) is 0 Å². The summed E-state index contributed by atoms with van der Waals surface area (Å²) in [5.41, 5.74) is 1.16.